The number of methoxy groups -OCH3 is 3. The number of aromatic amines is 1. The minimum atomic E-state index is -0.400. The number of nitrogens with one attached hydrogen (secondary N) is 2. The molecule has 31 heavy (non-hydrogen) atoms. The monoisotopic (exact) mass is 423 g/mol. The second-order valence-electron chi connectivity index (χ2n) is 6.80. The van der Waals surface area contributed by atoms with E-state index in [1.165, 1.54) is 6.07 Å². The van der Waals surface area contributed by atoms with Crippen LogP contribution in [0.4, 0.5) is 0 Å². The number of benzene rings is 2. The van der Waals surface area contributed by atoms with Crippen LogP contribution >= 0.6 is 0 Å². The van der Waals surface area contributed by atoms with Crippen molar-refractivity contribution in [2.45, 2.75) is 12.8 Å². The van der Waals surface area contributed by atoms with Crippen LogP contribution in [-0.4, -0.2) is 43.7 Å². The van der Waals surface area contributed by atoms with Crippen molar-refractivity contribution in [3.05, 3.63) is 81.5 Å². The molecule has 3 rings (SSSR count). The number of hydrogen-bond donors (Lipinski definition) is 2. The van der Waals surface area contributed by atoms with Crippen LogP contribution < -0.4 is 25.1 Å². The van der Waals surface area contributed by atoms with E-state index in [4.69, 9.17) is 14.2 Å². The lowest BCUT2D eigenvalue weighted by molar-refractivity contribution is 0.0948. The lowest BCUT2D eigenvalue weighted by Crippen LogP contribution is -2.28. The van der Waals surface area contributed by atoms with Gasteiger partial charge in [0, 0.05) is 19.0 Å². The number of amides is 1. The molecule has 0 aliphatic carbocycles. The smallest absolute Gasteiger partial charge is 0.270 e. The average Bonchev–Trinajstić information content (AvgIpc) is 2.79. The van der Waals surface area contributed by atoms with Gasteiger partial charge in [0.1, 0.15) is 17.3 Å². The Morgan fingerprint density at radius 3 is 2.32 bits per heavy atom. The highest BCUT2D eigenvalue weighted by atomic mass is 16.5. The van der Waals surface area contributed by atoms with Gasteiger partial charge in [-0.15, -0.1) is 0 Å². The highest BCUT2D eigenvalue weighted by Gasteiger charge is 2.11. The molecule has 0 saturated heterocycles. The number of H-pyrrole nitrogens is 1. The first-order valence-corrected chi connectivity index (χ1v) is 9.74. The third-order valence-corrected chi connectivity index (χ3v) is 4.70. The zero-order valence-corrected chi connectivity index (χ0v) is 17.7. The molecule has 0 spiro atoms. The summed E-state index contributed by atoms with van der Waals surface area (Å²) >= 11 is 0. The van der Waals surface area contributed by atoms with Crippen molar-refractivity contribution in [1.82, 2.24) is 15.3 Å². The molecular weight excluding hydrogens is 398 g/mol. The first-order chi connectivity index (χ1) is 15.0. The summed E-state index contributed by atoms with van der Waals surface area (Å²) in [5.41, 5.74) is 1.63. The largest absolute Gasteiger partial charge is 0.497 e. The van der Waals surface area contributed by atoms with Gasteiger partial charge in [-0.3, -0.25) is 9.59 Å². The Labute approximate surface area is 180 Å². The molecule has 1 heterocycles. The van der Waals surface area contributed by atoms with Gasteiger partial charge in [0.05, 0.1) is 21.3 Å². The molecule has 2 aromatic carbocycles. The van der Waals surface area contributed by atoms with Crippen LogP contribution in [0, 0.1) is 0 Å². The van der Waals surface area contributed by atoms with E-state index < -0.39 is 5.91 Å². The molecule has 0 saturated carbocycles. The van der Waals surface area contributed by atoms with Gasteiger partial charge < -0.3 is 24.5 Å². The Morgan fingerprint density at radius 1 is 0.935 bits per heavy atom. The number of nitrogens with zero attached hydrogens (tertiary/aromatic N) is 1. The number of aromatic nitrogens is 2. The predicted molar refractivity (Wildman–Crippen MR) is 116 cm³/mol. The molecule has 0 atom stereocenters. The summed E-state index contributed by atoms with van der Waals surface area (Å²) < 4.78 is 15.7. The van der Waals surface area contributed by atoms with Crippen LogP contribution in [0.5, 0.6) is 17.2 Å². The molecule has 0 fully saturated rings. The van der Waals surface area contributed by atoms with E-state index in [9.17, 15) is 9.59 Å². The van der Waals surface area contributed by atoms with Gasteiger partial charge in [-0.05, 0) is 41.8 Å². The lowest BCUT2D eigenvalue weighted by atomic mass is 10.1. The van der Waals surface area contributed by atoms with E-state index in [-0.39, 0.29) is 11.3 Å². The Morgan fingerprint density at radius 2 is 1.65 bits per heavy atom. The maximum atomic E-state index is 12.5. The van der Waals surface area contributed by atoms with Gasteiger partial charge in [0.25, 0.3) is 11.5 Å². The highest BCUT2D eigenvalue weighted by molar-refractivity contribution is 5.92. The fraction of sp³-hybridized carbons (Fsp3) is 0.261. The summed E-state index contributed by atoms with van der Waals surface area (Å²) in [6.45, 7) is 0.386. The zero-order chi connectivity index (χ0) is 22.2. The van der Waals surface area contributed by atoms with Crippen LogP contribution in [-0.2, 0) is 12.8 Å². The molecule has 8 nitrogen and oxygen atoms in total. The third-order valence-electron chi connectivity index (χ3n) is 4.70. The summed E-state index contributed by atoms with van der Waals surface area (Å²) in [6.07, 6.45) is 0.986. The lowest BCUT2D eigenvalue weighted by Gasteiger charge is -2.10. The van der Waals surface area contributed by atoms with Crippen molar-refractivity contribution in [2.24, 2.45) is 0 Å². The van der Waals surface area contributed by atoms with Gasteiger partial charge in [0.15, 0.2) is 11.5 Å². The van der Waals surface area contributed by atoms with Crippen LogP contribution in [0.25, 0.3) is 0 Å². The first-order valence-electron chi connectivity index (χ1n) is 9.74. The van der Waals surface area contributed by atoms with Crippen molar-refractivity contribution < 1.29 is 19.0 Å². The second-order valence-corrected chi connectivity index (χ2v) is 6.80. The molecule has 0 unspecified atom stereocenters. The molecule has 1 amide bonds. The summed E-state index contributed by atoms with van der Waals surface area (Å²) in [7, 11) is 4.75. The van der Waals surface area contributed by atoms with Gasteiger partial charge in [-0.1, -0.05) is 18.2 Å². The quantitative estimate of drug-likeness (QED) is 0.548. The van der Waals surface area contributed by atoms with Crippen molar-refractivity contribution >= 4 is 5.91 Å². The molecule has 2 N–H and O–H groups in total. The molecule has 0 aliphatic heterocycles. The van der Waals surface area contributed by atoms with E-state index in [1.54, 1.807) is 21.3 Å². The summed E-state index contributed by atoms with van der Waals surface area (Å²) in [5, 5.41) is 2.80. The average molecular weight is 423 g/mol. The van der Waals surface area contributed by atoms with Gasteiger partial charge >= 0.3 is 0 Å². The van der Waals surface area contributed by atoms with Gasteiger partial charge in [-0.2, -0.15) is 0 Å². The topological polar surface area (TPSA) is 103 Å². The normalized spacial score (nSPS) is 10.4. The minimum absolute atomic E-state index is 0.0829. The molecule has 0 bridgehead atoms. The second kappa shape index (κ2) is 10.3. The van der Waals surface area contributed by atoms with Crippen molar-refractivity contribution in [1.29, 1.82) is 0 Å². The van der Waals surface area contributed by atoms with Crippen molar-refractivity contribution in [3.8, 4) is 17.2 Å². The van der Waals surface area contributed by atoms with E-state index in [0.717, 1.165) is 16.9 Å². The fourth-order valence-electron chi connectivity index (χ4n) is 3.09. The maximum absolute atomic E-state index is 12.5. The Balaban J connectivity index is 1.63. The zero-order valence-electron chi connectivity index (χ0n) is 17.7. The Bertz CT molecular complexity index is 1090. The van der Waals surface area contributed by atoms with Crippen molar-refractivity contribution in [3.63, 3.8) is 0 Å². The molecule has 1 aromatic heterocycles. The number of carbonyl (C=O) groups excluding carboxylic acids is 1. The standard InChI is InChI=1S/C23H25N3O5/c1-29-17-7-4-15(5-8-17)13-21-25-18(14-22(27)26-21)23(28)24-11-10-16-6-9-19(30-2)20(12-16)31-3/h4-9,12,14H,10-11,13H2,1-3H3,(H,24,28)(H,25,26,27). The summed E-state index contributed by atoms with van der Waals surface area (Å²) in [5.74, 6) is 2.04. The number of hydrogen-bond acceptors (Lipinski definition) is 6. The maximum Gasteiger partial charge on any atom is 0.270 e. The molecule has 8 heteroatoms. The molecule has 0 radical (unpaired) electrons. The van der Waals surface area contributed by atoms with Gasteiger partial charge in [-0.25, -0.2) is 4.98 Å². The van der Waals surface area contributed by atoms with E-state index in [0.29, 0.717) is 36.7 Å². The van der Waals surface area contributed by atoms with E-state index >= 15 is 0 Å². The van der Waals surface area contributed by atoms with Crippen LogP contribution in [0.2, 0.25) is 0 Å². The predicted octanol–water partition coefficient (Wildman–Crippen LogP) is 2.36. The van der Waals surface area contributed by atoms with Crippen molar-refractivity contribution in [2.75, 3.05) is 27.9 Å². The molecule has 162 valence electrons. The number of rotatable bonds is 9. The summed E-state index contributed by atoms with van der Waals surface area (Å²) in [6, 6.07) is 14.2. The molecule has 0 aliphatic rings. The number of carbonyl (C=O) groups is 1. The van der Waals surface area contributed by atoms with Crippen LogP contribution in [0.3, 0.4) is 0 Å². The molecule has 3 aromatic rings. The fourth-order valence-corrected chi connectivity index (χ4v) is 3.09. The SMILES string of the molecule is COc1ccc(Cc2nc(C(=O)NCCc3ccc(OC)c(OC)c3)cc(=O)[nH]2)cc1. The van der Waals surface area contributed by atoms with Crippen LogP contribution in [0.15, 0.2) is 53.3 Å². The Hall–Kier alpha value is -3.81. The highest BCUT2D eigenvalue weighted by Crippen LogP contribution is 2.27. The third kappa shape index (κ3) is 5.85. The Kier molecular flexibility index (Phi) is 7.26. The van der Waals surface area contributed by atoms with Gasteiger partial charge in [0.2, 0.25) is 0 Å². The number of ether oxygens (including phenoxy) is 3. The van der Waals surface area contributed by atoms with E-state index in [2.05, 4.69) is 15.3 Å². The first kappa shape index (κ1) is 21.9. The minimum Gasteiger partial charge on any atom is -0.497 e. The summed E-state index contributed by atoms with van der Waals surface area (Å²) in [4.78, 5) is 31.5. The molecular formula is C23H25N3O5. The van der Waals surface area contributed by atoms with Crippen LogP contribution in [0.1, 0.15) is 27.4 Å². The van der Waals surface area contributed by atoms with E-state index in [1.807, 2.05) is 42.5 Å².